The van der Waals surface area contributed by atoms with E-state index in [-0.39, 0.29) is 0 Å². The van der Waals surface area contributed by atoms with Gasteiger partial charge in [0, 0.05) is 0 Å². The molecule has 0 aromatic heterocycles. The molecule has 7 saturated carbocycles. The molecule has 0 aromatic carbocycles. The zero-order valence-electron chi connectivity index (χ0n) is 9.73. The van der Waals surface area contributed by atoms with Crippen LogP contribution in [0.25, 0.3) is 0 Å². The maximum absolute atomic E-state index is 2.60. The van der Waals surface area contributed by atoms with Crippen LogP contribution in [-0.4, -0.2) is 0 Å². The van der Waals surface area contributed by atoms with Gasteiger partial charge < -0.3 is 0 Å². The second-order valence-corrected chi connectivity index (χ2v) is 7.56. The van der Waals surface area contributed by atoms with Crippen molar-refractivity contribution in [3.8, 4) is 0 Å². The van der Waals surface area contributed by atoms with Crippen LogP contribution in [0.5, 0.6) is 0 Å². The van der Waals surface area contributed by atoms with Gasteiger partial charge in [0.1, 0.15) is 0 Å². The molecular formula is C15H22. The Labute approximate surface area is 92.8 Å². The molecule has 15 heavy (non-hydrogen) atoms. The summed E-state index contributed by atoms with van der Waals surface area (Å²) in [5.41, 5.74) is 0. The molecule has 0 amide bonds. The SMILES string of the molecule is C[C@@H]1C2CC3C4CC5CC3C1C(C5)C4C2. The summed E-state index contributed by atoms with van der Waals surface area (Å²) in [5.74, 6) is 10.7. The maximum atomic E-state index is 2.60. The fourth-order valence-electron chi connectivity index (χ4n) is 7.32. The Hall–Kier alpha value is 0. The standard InChI is InChI=1S/C15H22/c1-7-9-5-11-10-2-8-3-13(11)15(7)14(4-8)12(10)6-9/h7-15H,2-6H2,1H3/t7-,8?,9?,10?,11?,12?,13?,14?,15?/m1/s1. The van der Waals surface area contributed by atoms with Gasteiger partial charge in [-0.1, -0.05) is 6.92 Å². The van der Waals surface area contributed by atoms with E-state index in [0.29, 0.717) is 0 Å². The van der Waals surface area contributed by atoms with Crippen LogP contribution in [0.2, 0.25) is 0 Å². The van der Waals surface area contributed by atoms with E-state index in [1.807, 2.05) is 0 Å². The summed E-state index contributed by atoms with van der Waals surface area (Å²) >= 11 is 0. The second-order valence-electron chi connectivity index (χ2n) is 7.56. The monoisotopic (exact) mass is 202 g/mol. The Morgan fingerprint density at radius 3 is 1.87 bits per heavy atom. The van der Waals surface area contributed by atoms with Gasteiger partial charge in [-0.25, -0.2) is 0 Å². The Kier molecular flexibility index (Phi) is 1.25. The van der Waals surface area contributed by atoms with Crippen LogP contribution >= 0.6 is 0 Å². The zero-order valence-corrected chi connectivity index (χ0v) is 9.73. The van der Waals surface area contributed by atoms with E-state index >= 15 is 0 Å². The van der Waals surface area contributed by atoms with E-state index in [1.54, 1.807) is 32.1 Å². The summed E-state index contributed by atoms with van der Waals surface area (Å²) in [7, 11) is 0. The van der Waals surface area contributed by atoms with Crippen molar-refractivity contribution in [2.45, 2.75) is 39.0 Å². The van der Waals surface area contributed by atoms with Gasteiger partial charge in [0.15, 0.2) is 0 Å². The molecule has 0 heteroatoms. The highest BCUT2D eigenvalue weighted by atomic mass is 14.7. The zero-order chi connectivity index (χ0) is 9.73. The predicted octanol–water partition coefficient (Wildman–Crippen LogP) is 3.57. The molecule has 8 bridgehead atoms. The lowest BCUT2D eigenvalue weighted by Crippen LogP contribution is -2.64. The first-order valence-electron chi connectivity index (χ1n) is 7.33. The van der Waals surface area contributed by atoms with Crippen LogP contribution < -0.4 is 0 Å². The van der Waals surface area contributed by atoms with Gasteiger partial charge in [-0.05, 0) is 85.4 Å². The summed E-state index contributed by atoms with van der Waals surface area (Å²) in [5, 5.41) is 0. The highest BCUT2D eigenvalue weighted by molar-refractivity contribution is 5.13. The third-order valence-electron chi connectivity index (χ3n) is 7.51. The predicted molar refractivity (Wildman–Crippen MR) is 60.2 cm³/mol. The fraction of sp³-hybridized carbons (Fsp3) is 1.00. The molecule has 82 valence electrons. The molecule has 0 radical (unpaired) electrons. The molecule has 7 rings (SSSR count). The lowest BCUT2D eigenvalue weighted by Gasteiger charge is -2.71. The normalized spacial score (nSPS) is 73.0. The summed E-state index contributed by atoms with van der Waals surface area (Å²) < 4.78 is 0. The lowest BCUT2D eigenvalue weighted by molar-refractivity contribution is -0.226. The van der Waals surface area contributed by atoms with Crippen LogP contribution in [0.15, 0.2) is 0 Å². The van der Waals surface area contributed by atoms with Crippen LogP contribution in [0.4, 0.5) is 0 Å². The highest BCUT2D eigenvalue weighted by Crippen LogP contribution is 2.72. The summed E-state index contributed by atoms with van der Waals surface area (Å²) in [6, 6.07) is 0. The van der Waals surface area contributed by atoms with Crippen molar-refractivity contribution in [3.05, 3.63) is 0 Å². The van der Waals surface area contributed by atoms with Crippen LogP contribution in [0.3, 0.4) is 0 Å². The molecule has 0 spiro atoms. The Morgan fingerprint density at radius 1 is 0.667 bits per heavy atom. The third-order valence-corrected chi connectivity index (χ3v) is 7.51. The minimum Gasteiger partial charge on any atom is -0.0620 e. The minimum absolute atomic E-state index is 1.10. The molecule has 0 N–H and O–H groups in total. The van der Waals surface area contributed by atoms with E-state index in [9.17, 15) is 0 Å². The smallest absolute Gasteiger partial charge is 0.0323 e. The third kappa shape index (κ3) is 0.746. The summed E-state index contributed by atoms with van der Waals surface area (Å²) in [6.07, 6.45) is 8.22. The van der Waals surface area contributed by atoms with E-state index in [4.69, 9.17) is 0 Å². The first-order chi connectivity index (χ1) is 7.33. The number of rotatable bonds is 0. The van der Waals surface area contributed by atoms with Gasteiger partial charge in [-0.15, -0.1) is 0 Å². The average molecular weight is 202 g/mol. The Balaban J connectivity index is 1.69. The summed E-state index contributed by atoms with van der Waals surface area (Å²) in [4.78, 5) is 0. The molecule has 7 aliphatic carbocycles. The molecule has 0 saturated heterocycles. The molecule has 0 aromatic rings. The fourth-order valence-corrected chi connectivity index (χ4v) is 7.32. The first-order valence-corrected chi connectivity index (χ1v) is 7.33. The minimum atomic E-state index is 1.10. The van der Waals surface area contributed by atoms with Crippen LogP contribution in [0, 0.1) is 53.3 Å². The molecule has 0 heterocycles. The molecular weight excluding hydrogens is 180 g/mol. The van der Waals surface area contributed by atoms with Gasteiger partial charge >= 0.3 is 0 Å². The number of hydrogen-bond donors (Lipinski definition) is 0. The van der Waals surface area contributed by atoms with E-state index in [1.165, 1.54) is 41.4 Å². The molecule has 5 atom stereocenters. The average Bonchev–Trinajstić information content (AvgIpc) is 2.26. The van der Waals surface area contributed by atoms with Crippen LogP contribution in [-0.2, 0) is 0 Å². The van der Waals surface area contributed by atoms with E-state index < -0.39 is 0 Å². The van der Waals surface area contributed by atoms with Crippen molar-refractivity contribution in [1.82, 2.24) is 0 Å². The molecule has 0 nitrogen and oxygen atoms in total. The van der Waals surface area contributed by atoms with Crippen molar-refractivity contribution in [2.75, 3.05) is 0 Å². The summed E-state index contributed by atoms with van der Waals surface area (Å²) in [6.45, 7) is 2.60. The molecule has 7 aliphatic rings. The topological polar surface area (TPSA) is 0 Å². The van der Waals surface area contributed by atoms with Crippen molar-refractivity contribution < 1.29 is 0 Å². The quantitative estimate of drug-likeness (QED) is 0.563. The molecule has 4 unspecified atom stereocenters. The van der Waals surface area contributed by atoms with Gasteiger partial charge in [0.25, 0.3) is 0 Å². The molecule has 0 aliphatic heterocycles. The lowest BCUT2D eigenvalue weighted by atomic mass is 9.34. The van der Waals surface area contributed by atoms with Crippen molar-refractivity contribution >= 4 is 0 Å². The van der Waals surface area contributed by atoms with Gasteiger partial charge in [0.2, 0.25) is 0 Å². The van der Waals surface area contributed by atoms with Crippen LogP contribution in [0.1, 0.15) is 39.0 Å². The van der Waals surface area contributed by atoms with E-state index in [2.05, 4.69) is 6.92 Å². The largest absolute Gasteiger partial charge is 0.0620 e. The van der Waals surface area contributed by atoms with Crippen molar-refractivity contribution in [2.24, 2.45) is 53.3 Å². The van der Waals surface area contributed by atoms with E-state index in [0.717, 1.165) is 11.8 Å². The first kappa shape index (κ1) is 8.14. The Morgan fingerprint density at radius 2 is 1.20 bits per heavy atom. The maximum Gasteiger partial charge on any atom is -0.0323 e. The second kappa shape index (κ2) is 2.31. The van der Waals surface area contributed by atoms with Crippen molar-refractivity contribution in [1.29, 1.82) is 0 Å². The van der Waals surface area contributed by atoms with Gasteiger partial charge in [-0.3, -0.25) is 0 Å². The Bertz CT molecular complexity index is 296. The highest BCUT2D eigenvalue weighted by Gasteiger charge is 2.65. The van der Waals surface area contributed by atoms with Gasteiger partial charge in [-0.2, -0.15) is 0 Å². The van der Waals surface area contributed by atoms with Crippen molar-refractivity contribution in [3.63, 3.8) is 0 Å². The van der Waals surface area contributed by atoms with Gasteiger partial charge in [0.05, 0.1) is 0 Å². The molecule has 7 fully saturated rings. The number of hydrogen-bond acceptors (Lipinski definition) is 0.